The number of nitrogens with one attached hydrogen (secondary N) is 1. The summed E-state index contributed by atoms with van der Waals surface area (Å²) in [5, 5.41) is 3.02. The molecule has 2 aromatic carbocycles. The van der Waals surface area contributed by atoms with Crippen LogP contribution in [0.3, 0.4) is 0 Å². The fourth-order valence-electron chi connectivity index (χ4n) is 3.61. The Morgan fingerprint density at radius 1 is 1.07 bits per heavy atom. The number of amides is 2. The molecular formula is C23H29N3O3. The van der Waals surface area contributed by atoms with E-state index in [1.165, 1.54) is 6.92 Å². The fraction of sp³-hybridized carbons (Fsp3) is 0.391. The van der Waals surface area contributed by atoms with Crippen LogP contribution < -0.4 is 15.1 Å². The first kappa shape index (κ1) is 20.9. The van der Waals surface area contributed by atoms with Gasteiger partial charge in [-0.15, -0.1) is 0 Å². The van der Waals surface area contributed by atoms with Crippen LogP contribution in [-0.2, 0) is 20.7 Å². The van der Waals surface area contributed by atoms with Crippen LogP contribution in [0.5, 0.6) is 0 Å². The van der Waals surface area contributed by atoms with Gasteiger partial charge in [-0.05, 0) is 30.2 Å². The Balaban J connectivity index is 1.67. The monoisotopic (exact) mass is 395 g/mol. The Hall–Kier alpha value is -2.86. The molecule has 0 aromatic heterocycles. The molecule has 0 unspecified atom stereocenters. The van der Waals surface area contributed by atoms with Crippen molar-refractivity contribution in [1.29, 1.82) is 0 Å². The molecule has 6 nitrogen and oxygen atoms in total. The SMILES string of the molecule is CCc1ccccc1N(CCC(=O)Nc1ccccc1N1CCOCC1)C(C)=O. The van der Waals surface area contributed by atoms with Gasteiger partial charge >= 0.3 is 0 Å². The van der Waals surface area contributed by atoms with Crippen molar-refractivity contribution in [2.75, 3.05) is 48.0 Å². The second kappa shape index (κ2) is 10.1. The van der Waals surface area contributed by atoms with E-state index < -0.39 is 0 Å². The van der Waals surface area contributed by atoms with Gasteiger partial charge in [-0.3, -0.25) is 9.59 Å². The van der Waals surface area contributed by atoms with E-state index in [1.54, 1.807) is 4.90 Å². The second-order valence-corrected chi connectivity index (χ2v) is 7.07. The number of nitrogens with zero attached hydrogens (tertiary/aromatic N) is 2. The minimum Gasteiger partial charge on any atom is -0.378 e. The largest absolute Gasteiger partial charge is 0.378 e. The predicted molar refractivity (Wildman–Crippen MR) is 117 cm³/mol. The maximum atomic E-state index is 12.7. The average molecular weight is 396 g/mol. The van der Waals surface area contributed by atoms with Gasteiger partial charge in [0.05, 0.1) is 24.6 Å². The molecule has 3 rings (SSSR count). The van der Waals surface area contributed by atoms with Crippen molar-refractivity contribution in [1.82, 2.24) is 0 Å². The van der Waals surface area contributed by atoms with Crippen molar-refractivity contribution in [2.45, 2.75) is 26.7 Å². The quantitative estimate of drug-likeness (QED) is 0.780. The Morgan fingerprint density at radius 3 is 2.48 bits per heavy atom. The normalized spacial score (nSPS) is 13.8. The molecule has 1 heterocycles. The molecule has 0 saturated carbocycles. The summed E-state index contributed by atoms with van der Waals surface area (Å²) in [7, 11) is 0. The van der Waals surface area contributed by atoms with Crippen LogP contribution in [0.2, 0.25) is 0 Å². The number of carbonyl (C=O) groups is 2. The lowest BCUT2D eigenvalue weighted by Crippen LogP contribution is -2.37. The van der Waals surface area contributed by atoms with Crippen LogP contribution in [-0.4, -0.2) is 44.7 Å². The van der Waals surface area contributed by atoms with Crippen molar-refractivity contribution in [3.05, 3.63) is 54.1 Å². The topological polar surface area (TPSA) is 61.9 Å². The highest BCUT2D eigenvalue weighted by Gasteiger charge is 2.18. The van der Waals surface area contributed by atoms with Crippen molar-refractivity contribution >= 4 is 28.9 Å². The molecule has 0 radical (unpaired) electrons. The molecule has 2 aromatic rings. The van der Waals surface area contributed by atoms with Crippen molar-refractivity contribution < 1.29 is 14.3 Å². The lowest BCUT2D eigenvalue weighted by molar-refractivity contribution is -0.117. The summed E-state index contributed by atoms with van der Waals surface area (Å²) in [6.07, 6.45) is 1.06. The minimum atomic E-state index is -0.106. The molecule has 1 N–H and O–H groups in total. The average Bonchev–Trinajstić information content (AvgIpc) is 2.75. The number of aryl methyl sites for hydroxylation is 1. The number of benzene rings is 2. The first-order valence-electron chi connectivity index (χ1n) is 10.2. The van der Waals surface area contributed by atoms with Crippen LogP contribution in [0.15, 0.2) is 48.5 Å². The third-order valence-electron chi connectivity index (χ3n) is 5.14. The number of morpholine rings is 1. The molecule has 6 heteroatoms. The van der Waals surface area contributed by atoms with E-state index in [1.807, 2.05) is 48.5 Å². The van der Waals surface area contributed by atoms with E-state index in [9.17, 15) is 9.59 Å². The summed E-state index contributed by atoms with van der Waals surface area (Å²) in [5.74, 6) is -0.168. The summed E-state index contributed by atoms with van der Waals surface area (Å²) >= 11 is 0. The van der Waals surface area contributed by atoms with Gasteiger partial charge in [0, 0.05) is 38.7 Å². The highest BCUT2D eigenvalue weighted by atomic mass is 16.5. The van der Waals surface area contributed by atoms with Crippen molar-refractivity contribution in [3.63, 3.8) is 0 Å². The molecule has 29 heavy (non-hydrogen) atoms. The Bertz CT molecular complexity index is 847. The Labute approximate surface area is 172 Å². The Kier molecular flexibility index (Phi) is 7.25. The van der Waals surface area contributed by atoms with E-state index >= 15 is 0 Å². The Morgan fingerprint density at radius 2 is 1.76 bits per heavy atom. The van der Waals surface area contributed by atoms with E-state index in [0.717, 1.165) is 42.1 Å². The molecule has 1 saturated heterocycles. The van der Waals surface area contributed by atoms with Crippen molar-refractivity contribution in [3.8, 4) is 0 Å². The van der Waals surface area contributed by atoms with Crippen molar-refractivity contribution in [2.24, 2.45) is 0 Å². The van der Waals surface area contributed by atoms with E-state index in [2.05, 4.69) is 17.1 Å². The number of anilines is 3. The number of hydrogen-bond acceptors (Lipinski definition) is 4. The standard InChI is InChI=1S/C23H29N3O3/c1-3-19-8-4-6-10-21(19)26(18(2)27)13-12-23(28)24-20-9-5-7-11-22(20)25-14-16-29-17-15-25/h4-11H,3,12-17H2,1-2H3,(H,24,28). The molecule has 1 aliphatic heterocycles. The smallest absolute Gasteiger partial charge is 0.226 e. The highest BCUT2D eigenvalue weighted by Crippen LogP contribution is 2.27. The predicted octanol–water partition coefficient (Wildman–Crippen LogP) is 3.47. The zero-order valence-electron chi connectivity index (χ0n) is 17.2. The maximum Gasteiger partial charge on any atom is 0.226 e. The molecule has 0 spiro atoms. The van der Waals surface area contributed by atoms with Gasteiger partial charge in [0.15, 0.2) is 0 Å². The van der Waals surface area contributed by atoms with Crippen LogP contribution in [0.25, 0.3) is 0 Å². The third-order valence-corrected chi connectivity index (χ3v) is 5.14. The van der Waals surface area contributed by atoms with E-state index in [0.29, 0.717) is 19.8 Å². The summed E-state index contributed by atoms with van der Waals surface area (Å²) in [5.41, 5.74) is 3.77. The summed E-state index contributed by atoms with van der Waals surface area (Å²) in [4.78, 5) is 28.8. The molecule has 0 bridgehead atoms. The fourth-order valence-corrected chi connectivity index (χ4v) is 3.61. The number of para-hydroxylation sites is 3. The highest BCUT2D eigenvalue weighted by molar-refractivity contribution is 5.97. The third kappa shape index (κ3) is 5.35. The van der Waals surface area contributed by atoms with Gasteiger partial charge in [0.2, 0.25) is 11.8 Å². The lowest BCUT2D eigenvalue weighted by atomic mass is 10.1. The van der Waals surface area contributed by atoms with E-state index in [-0.39, 0.29) is 18.2 Å². The van der Waals surface area contributed by atoms with Gasteiger partial charge in [-0.2, -0.15) is 0 Å². The summed E-state index contributed by atoms with van der Waals surface area (Å²) in [6, 6.07) is 15.7. The molecule has 0 aliphatic carbocycles. The van der Waals surface area contributed by atoms with Gasteiger partial charge in [-0.25, -0.2) is 0 Å². The first-order chi connectivity index (χ1) is 14.1. The number of carbonyl (C=O) groups excluding carboxylic acids is 2. The molecule has 0 atom stereocenters. The molecule has 1 fully saturated rings. The zero-order chi connectivity index (χ0) is 20.6. The molecular weight excluding hydrogens is 366 g/mol. The van der Waals surface area contributed by atoms with Gasteiger partial charge < -0.3 is 19.9 Å². The van der Waals surface area contributed by atoms with E-state index in [4.69, 9.17) is 4.74 Å². The van der Waals surface area contributed by atoms with Gasteiger partial charge in [0.1, 0.15) is 0 Å². The maximum absolute atomic E-state index is 12.7. The minimum absolute atomic E-state index is 0.0626. The summed E-state index contributed by atoms with van der Waals surface area (Å²) < 4.78 is 5.42. The van der Waals surface area contributed by atoms with Crippen LogP contribution in [0.1, 0.15) is 25.8 Å². The number of hydrogen-bond donors (Lipinski definition) is 1. The van der Waals surface area contributed by atoms with Crippen LogP contribution >= 0.6 is 0 Å². The molecule has 2 amide bonds. The van der Waals surface area contributed by atoms with Gasteiger partial charge in [-0.1, -0.05) is 37.3 Å². The second-order valence-electron chi connectivity index (χ2n) is 7.07. The molecule has 154 valence electrons. The number of ether oxygens (including phenoxy) is 1. The summed E-state index contributed by atoms with van der Waals surface area (Å²) in [6.45, 7) is 6.93. The lowest BCUT2D eigenvalue weighted by Gasteiger charge is -2.30. The zero-order valence-corrected chi connectivity index (χ0v) is 17.2. The van der Waals surface area contributed by atoms with Crippen LogP contribution in [0, 0.1) is 0 Å². The van der Waals surface area contributed by atoms with Crippen LogP contribution in [0.4, 0.5) is 17.1 Å². The number of rotatable bonds is 7. The first-order valence-corrected chi connectivity index (χ1v) is 10.2. The molecule has 1 aliphatic rings. The van der Waals surface area contributed by atoms with Gasteiger partial charge in [0.25, 0.3) is 0 Å².